The molecule has 0 unspecified atom stereocenters. The molecule has 3 N–H and O–H groups in total. The second kappa shape index (κ2) is 6.19. The molecule has 0 fully saturated rings. The minimum atomic E-state index is 0.164. The van der Waals surface area contributed by atoms with Gasteiger partial charge in [-0.05, 0) is 31.4 Å². The SMILES string of the molecule is Cc1nnc(NCc2cccc(C[C@@H](C)N)c2)nn1. The standard InChI is InChI=1S/C13H18N6/c1-9(14)6-11-4-3-5-12(7-11)8-15-13-18-16-10(2)17-19-13/h3-5,7,9H,6,8,14H2,1-2H3,(H,15,18,19)/t9-/m1/s1. The lowest BCUT2D eigenvalue weighted by atomic mass is 10.0. The number of nitrogens with two attached hydrogens (primary N) is 1. The molecule has 0 aliphatic rings. The Balaban J connectivity index is 1.97. The van der Waals surface area contributed by atoms with Gasteiger partial charge >= 0.3 is 0 Å². The van der Waals surface area contributed by atoms with Crippen LogP contribution in [0.4, 0.5) is 5.95 Å². The number of rotatable bonds is 5. The summed E-state index contributed by atoms with van der Waals surface area (Å²) in [6, 6.07) is 8.45. The molecule has 0 aliphatic heterocycles. The van der Waals surface area contributed by atoms with Crippen LogP contribution in [0.5, 0.6) is 0 Å². The lowest BCUT2D eigenvalue weighted by molar-refractivity contribution is 0.737. The Labute approximate surface area is 112 Å². The topological polar surface area (TPSA) is 89.6 Å². The van der Waals surface area contributed by atoms with Crippen LogP contribution in [-0.2, 0) is 13.0 Å². The molecule has 2 aromatic rings. The van der Waals surface area contributed by atoms with Gasteiger partial charge in [-0.15, -0.1) is 20.4 Å². The largest absolute Gasteiger partial charge is 0.348 e. The Bertz CT molecular complexity index is 523. The summed E-state index contributed by atoms with van der Waals surface area (Å²) >= 11 is 0. The number of nitrogens with one attached hydrogen (secondary N) is 1. The van der Waals surface area contributed by atoms with Crippen molar-refractivity contribution in [3.63, 3.8) is 0 Å². The van der Waals surface area contributed by atoms with Crippen molar-refractivity contribution in [2.75, 3.05) is 5.32 Å². The third kappa shape index (κ3) is 4.26. The van der Waals surface area contributed by atoms with Gasteiger partial charge < -0.3 is 11.1 Å². The number of aryl methyl sites for hydroxylation is 1. The molecule has 0 bridgehead atoms. The first-order valence-corrected chi connectivity index (χ1v) is 6.25. The van der Waals surface area contributed by atoms with Crippen LogP contribution in [-0.4, -0.2) is 26.4 Å². The van der Waals surface area contributed by atoms with Crippen molar-refractivity contribution < 1.29 is 0 Å². The fourth-order valence-electron chi connectivity index (χ4n) is 1.77. The van der Waals surface area contributed by atoms with Crippen molar-refractivity contribution in [2.45, 2.75) is 32.9 Å². The normalized spacial score (nSPS) is 12.2. The average molecular weight is 258 g/mol. The molecule has 0 radical (unpaired) electrons. The molecule has 1 atom stereocenters. The van der Waals surface area contributed by atoms with E-state index in [1.807, 2.05) is 19.1 Å². The summed E-state index contributed by atoms with van der Waals surface area (Å²) < 4.78 is 0. The summed E-state index contributed by atoms with van der Waals surface area (Å²) in [6.45, 7) is 4.39. The maximum absolute atomic E-state index is 5.80. The highest BCUT2D eigenvalue weighted by atomic mass is 15.3. The monoisotopic (exact) mass is 258 g/mol. The van der Waals surface area contributed by atoms with E-state index in [0.29, 0.717) is 18.3 Å². The molecule has 0 aliphatic carbocycles. The quantitative estimate of drug-likeness (QED) is 0.834. The smallest absolute Gasteiger partial charge is 0.262 e. The molecule has 0 saturated heterocycles. The number of anilines is 1. The molecule has 1 aromatic heterocycles. The van der Waals surface area contributed by atoms with Gasteiger partial charge in [0.25, 0.3) is 5.95 Å². The van der Waals surface area contributed by atoms with E-state index in [2.05, 4.69) is 37.8 Å². The first kappa shape index (κ1) is 13.4. The number of nitrogens with zero attached hydrogens (tertiary/aromatic N) is 4. The lowest BCUT2D eigenvalue weighted by Crippen LogP contribution is -2.17. The van der Waals surface area contributed by atoms with Crippen LogP contribution in [0.3, 0.4) is 0 Å². The lowest BCUT2D eigenvalue weighted by Gasteiger charge is -2.08. The molecule has 19 heavy (non-hydrogen) atoms. The van der Waals surface area contributed by atoms with Gasteiger partial charge in [0.1, 0.15) is 0 Å². The molecule has 100 valence electrons. The minimum absolute atomic E-state index is 0.164. The Morgan fingerprint density at radius 3 is 2.53 bits per heavy atom. The zero-order chi connectivity index (χ0) is 13.7. The average Bonchev–Trinajstić information content (AvgIpc) is 2.38. The molecular formula is C13H18N6. The Hall–Kier alpha value is -2.08. The van der Waals surface area contributed by atoms with E-state index in [9.17, 15) is 0 Å². The van der Waals surface area contributed by atoms with Crippen molar-refractivity contribution >= 4 is 5.95 Å². The second-order valence-corrected chi connectivity index (χ2v) is 4.63. The van der Waals surface area contributed by atoms with Crippen LogP contribution in [0.25, 0.3) is 0 Å². The van der Waals surface area contributed by atoms with Crippen LogP contribution >= 0.6 is 0 Å². The van der Waals surface area contributed by atoms with Crippen LogP contribution in [0.15, 0.2) is 24.3 Å². The van der Waals surface area contributed by atoms with Gasteiger partial charge in [-0.25, -0.2) is 0 Å². The molecule has 6 heteroatoms. The maximum atomic E-state index is 5.80. The maximum Gasteiger partial charge on any atom is 0.262 e. The van der Waals surface area contributed by atoms with Crippen molar-refractivity contribution in [3.05, 3.63) is 41.2 Å². The predicted octanol–water partition coefficient (Wildman–Crippen LogP) is 1.08. The number of hydrogen-bond donors (Lipinski definition) is 2. The van der Waals surface area contributed by atoms with Crippen LogP contribution in [0.2, 0.25) is 0 Å². The molecular weight excluding hydrogens is 240 g/mol. The molecule has 2 rings (SSSR count). The van der Waals surface area contributed by atoms with E-state index >= 15 is 0 Å². The Morgan fingerprint density at radius 1 is 1.16 bits per heavy atom. The number of hydrogen-bond acceptors (Lipinski definition) is 6. The van der Waals surface area contributed by atoms with Crippen molar-refractivity contribution in [1.82, 2.24) is 20.4 Å². The summed E-state index contributed by atoms with van der Waals surface area (Å²) in [6.07, 6.45) is 0.873. The summed E-state index contributed by atoms with van der Waals surface area (Å²) in [4.78, 5) is 0. The van der Waals surface area contributed by atoms with Gasteiger partial charge in [0, 0.05) is 12.6 Å². The molecule has 1 aromatic carbocycles. The first-order valence-electron chi connectivity index (χ1n) is 6.25. The van der Waals surface area contributed by atoms with E-state index in [0.717, 1.165) is 12.0 Å². The highest BCUT2D eigenvalue weighted by Gasteiger charge is 2.01. The van der Waals surface area contributed by atoms with E-state index in [4.69, 9.17) is 5.73 Å². The Kier molecular flexibility index (Phi) is 4.35. The molecule has 1 heterocycles. The highest BCUT2D eigenvalue weighted by molar-refractivity contribution is 5.28. The minimum Gasteiger partial charge on any atom is -0.348 e. The zero-order valence-electron chi connectivity index (χ0n) is 11.2. The van der Waals surface area contributed by atoms with E-state index in [1.54, 1.807) is 6.92 Å². The van der Waals surface area contributed by atoms with E-state index in [1.165, 1.54) is 5.56 Å². The predicted molar refractivity (Wildman–Crippen MR) is 73.5 cm³/mol. The van der Waals surface area contributed by atoms with Gasteiger partial charge in [-0.2, -0.15) is 0 Å². The highest BCUT2D eigenvalue weighted by Crippen LogP contribution is 2.08. The van der Waals surface area contributed by atoms with Gasteiger partial charge in [0.05, 0.1) is 0 Å². The van der Waals surface area contributed by atoms with E-state index < -0.39 is 0 Å². The second-order valence-electron chi connectivity index (χ2n) is 4.63. The summed E-state index contributed by atoms with van der Waals surface area (Å²) in [7, 11) is 0. The molecule has 0 amide bonds. The molecule has 6 nitrogen and oxygen atoms in total. The molecule has 0 saturated carbocycles. The first-order chi connectivity index (χ1) is 9.13. The Morgan fingerprint density at radius 2 is 1.84 bits per heavy atom. The third-order valence-corrected chi connectivity index (χ3v) is 2.58. The fraction of sp³-hybridized carbons (Fsp3) is 0.385. The third-order valence-electron chi connectivity index (χ3n) is 2.58. The fourth-order valence-corrected chi connectivity index (χ4v) is 1.77. The summed E-state index contributed by atoms with van der Waals surface area (Å²) in [5, 5.41) is 18.6. The van der Waals surface area contributed by atoms with Crippen LogP contribution in [0.1, 0.15) is 23.9 Å². The molecule has 0 spiro atoms. The van der Waals surface area contributed by atoms with Gasteiger partial charge in [-0.1, -0.05) is 24.3 Å². The van der Waals surface area contributed by atoms with Gasteiger partial charge in [0.15, 0.2) is 5.82 Å². The van der Waals surface area contributed by atoms with Crippen LogP contribution in [0, 0.1) is 6.92 Å². The number of aromatic nitrogens is 4. The zero-order valence-corrected chi connectivity index (χ0v) is 11.2. The van der Waals surface area contributed by atoms with Crippen molar-refractivity contribution in [3.8, 4) is 0 Å². The van der Waals surface area contributed by atoms with E-state index in [-0.39, 0.29) is 6.04 Å². The van der Waals surface area contributed by atoms with Crippen molar-refractivity contribution in [2.24, 2.45) is 5.73 Å². The van der Waals surface area contributed by atoms with Crippen LogP contribution < -0.4 is 11.1 Å². The van der Waals surface area contributed by atoms with Gasteiger partial charge in [-0.3, -0.25) is 0 Å². The van der Waals surface area contributed by atoms with Crippen molar-refractivity contribution in [1.29, 1.82) is 0 Å². The summed E-state index contributed by atoms with van der Waals surface area (Å²) in [5.74, 6) is 0.993. The number of benzene rings is 1. The summed E-state index contributed by atoms with van der Waals surface area (Å²) in [5.41, 5.74) is 8.19. The van der Waals surface area contributed by atoms with Gasteiger partial charge in [0.2, 0.25) is 0 Å².